The Bertz CT molecular complexity index is 550. The van der Waals surface area contributed by atoms with E-state index in [1.54, 1.807) is 6.20 Å². The zero-order valence-corrected chi connectivity index (χ0v) is 12.3. The van der Waals surface area contributed by atoms with E-state index in [9.17, 15) is 0 Å². The van der Waals surface area contributed by atoms with Gasteiger partial charge in [0.15, 0.2) is 0 Å². The highest BCUT2D eigenvalue weighted by molar-refractivity contribution is 5.46. The SMILES string of the molecule is CCCN(Cc1nc(-c2ccccn2)no1)C1CCNC1. The number of hydrogen-bond acceptors (Lipinski definition) is 6. The average Bonchev–Trinajstić information content (AvgIpc) is 3.19. The van der Waals surface area contributed by atoms with E-state index < -0.39 is 0 Å². The number of rotatable bonds is 6. The maximum Gasteiger partial charge on any atom is 0.241 e. The molecule has 1 N–H and O–H groups in total. The van der Waals surface area contributed by atoms with Crippen molar-refractivity contribution in [2.75, 3.05) is 19.6 Å². The van der Waals surface area contributed by atoms with Crippen LogP contribution in [0.3, 0.4) is 0 Å². The topological polar surface area (TPSA) is 67.1 Å². The van der Waals surface area contributed by atoms with Crippen LogP contribution in [0, 0.1) is 0 Å². The molecule has 3 rings (SSSR count). The maximum absolute atomic E-state index is 5.39. The molecule has 0 spiro atoms. The van der Waals surface area contributed by atoms with Crippen molar-refractivity contribution in [3.8, 4) is 11.5 Å². The predicted octanol–water partition coefficient (Wildman–Crippen LogP) is 1.71. The summed E-state index contributed by atoms with van der Waals surface area (Å²) in [5, 5.41) is 7.45. The highest BCUT2D eigenvalue weighted by atomic mass is 16.5. The van der Waals surface area contributed by atoms with E-state index in [1.165, 1.54) is 6.42 Å². The van der Waals surface area contributed by atoms with Gasteiger partial charge in [-0.15, -0.1) is 0 Å². The Kier molecular flexibility index (Phi) is 4.57. The van der Waals surface area contributed by atoms with E-state index in [4.69, 9.17) is 4.52 Å². The molecule has 6 heteroatoms. The molecule has 6 nitrogen and oxygen atoms in total. The van der Waals surface area contributed by atoms with Gasteiger partial charge in [0.1, 0.15) is 5.69 Å². The van der Waals surface area contributed by atoms with Gasteiger partial charge in [0.2, 0.25) is 11.7 Å². The van der Waals surface area contributed by atoms with Crippen molar-refractivity contribution in [3.05, 3.63) is 30.3 Å². The lowest BCUT2D eigenvalue weighted by molar-refractivity contribution is 0.174. The zero-order valence-electron chi connectivity index (χ0n) is 12.3. The second-order valence-corrected chi connectivity index (χ2v) is 5.34. The normalized spacial score (nSPS) is 18.5. The largest absolute Gasteiger partial charge is 0.337 e. The van der Waals surface area contributed by atoms with Gasteiger partial charge in [-0.1, -0.05) is 18.1 Å². The van der Waals surface area contributed by atoms with E-state index in [1.807, 2.05) is 18.2 Å². The lowest BCUT2D eigenvalue weighted by Gasteiger charge is -2.26. The zero-order chi connectivity index (χ0) is 14.5. The molecule has 0 aliphatic carbocycles. The fourth-order valence-corrected chi connectivity index (χ4v) is 2.72. The first kappa shape index (κ1) is 14.2. The van der Waals surface area contributed by atoms with E-state index in [-0.39, 0.29) is 0 Å². The molecule has 1 aliphatic rings. The summed E-state index contributed by atoms with van der Waals surface area (Å²) in [6.45, 7) is 6.09. The summed E-state index contributed by atoms with van der Waals surface area (Å²) in [7, 11) is 0. The Morgan fingerprint density at radius 1 is 1.43 bits per heavy atom. The molecule has 112 valence electrons. The summed E-state index contributed by atoms with van der Waals surface area (Å²) in [6.07, 6.45) is 4.04. The van der Waals surface area contributed by atoms with Crippen molar-refractivity contribution in [3.63, 3.8) is 0 Å². The fraction of sp³-hybridized carbons (Fsp3) is 0.533. The number of nitrogens with zero attached hydrogens (tertiary/aromatic N) is 4. The van der Waals surface area contributed by atoms with Crippen LogP contribution in [-0.2, 0) is 6.54 Å². The van der Waals surface area contributed by atoms with Crippen molar-refractivity contribution in [2.45, 2.75) is 32.4 Å². The van der Waals surface area contributed by atoms with Crippen LogP contribution in [0.1, 0.15) is 25.7 Å². The molecule has 2 aromatic heterocycles. The molecule has 0 radical (unpaired) electrons. The van der Waals surface area contributed by atoms with Gasteiger partial charge in [0.25, 0.3) is 0 Å². The van der Waals surface area contributed by atoms with E-state index >= 15 is 0 Å². The molecule has 0 aromatic carbocycles. The number of aromatic nitrogens is 3. The molecule has 1 aliphatic heterocycles. The van der Waals surface area contributed by atoms with Crippen LogP contribution in [0.15, 0.2) is 28.9 Å². The lowest BCUT2D eigenvalue weighted by Crippen LogP contribution is -2.37. The monoisotopic (exact) mass is 287 g/mol. The molecule has 3 heterocycles. The summed E-state index contributed by atoms with van der Waals surface area (Å²) in [4.78, 5) is 11.1. The highest BCUT2D eigenvalue weighted by Gasteiger charge is 2.23. The first-order valence-corrected chi connectivity index (χ1v) is 7.55. The van der Waals surface area contributed by atoms with Crippen LogP contribution in [-0.4, -0.2) is 45.7 Å². The van der Waals surface area contributed by atoms with Gasteiger partial charge in [-0.3, -0.25) is 9.88 Å². The highest BCUT2D eigenvalue weighted by Crippen LogP contribution is 2.16. The second kappa shape index (κ2) is 6.78. The molecule has 1 unspecified atom stereocenters. The van der Waals surface area contributed by atoms with Gasteiger partial charge in [-0.05, 0) is 38.1 Å². The predicted molar refractivity (Wildman–Crippen MR) is 79.5 cm³/mol. The van der Waals surface area contributed by atoms with Gasteiger partial charge in [0.05, 0.1) is 6.54 Å². The van der Waals surface area contributed by atoms with Gasteiger partial charge in [-0.25, -0.2) is 0 Å². The summed E-state index contributed by atoms with van der Waals surface area (Å²) >= 11 is 0. The molecule has 1 fully saturated rings. The second-order valence-electron chi connectivity index (χ2n) is 5.34. The minimum atomic E-state index is 0.562. The standard InChI is InChI=1S/C15H21N5O/c1-2-9-20(12-6-8-16-10-12)11-14-18-15(19-21-14)13-5-3-4-7-17-13/h3-5,7,12,16H,2,6,8-11H2,1H3. The molecular weight excluding hydrogens is 266 g/mol. The van der Waals surface area contributed by atoms with Crippen LogP contribution in [0.2, 0.25) is 0 Å². The van der Waals surface area contributed by atoms with Crippen LogP contribution in [0.25, 0.3) is 11.5 Å². The van der Waals surface area contributed by atoms with Crippen molar-refractivity contribution in [2.24, 2.45) is 0 Å². The third kappa shape index (κ3) is 3.46. The van der Waals surface area contributed by atoms with Gasteiger partial charge in [0, 0.05) is 18.8 Å². The smallest absolute Gasteiger partial charge is 0.241 e. The first-order valence-electron chi connectivity index (χ1n) is 7.55. The molecule has 21 heavy (non-hydrogen) atoms. The Morgan fingerprint density at radius 3 is 3.10 bits per heavy atom. The average molecular weight is 287 g/mol. The minimum Gasteiger partial charge on any atom is -0.337 e. The van der Waals surface area contributed by atoms with Gasteiger partial charge in [-0.2, -0.15) is 4.98 Å². The van der Waals surface area contributed by atoms with Crippen LogP contribution < -0.4 is 5.32 Å². The maximum atomic E-state index is 5.39. The molecule has 0 saturated carbocycles. The number of pyridine rings is 1. The van der Waals surface area contributed by atoms with Crippen molar-refractivity contribution >= 4 is 0 Å². The Morgan fingerprint density at radius 2 is 2.38 bits per heavy atom. The fourth-order valence-electron chi connectivity index (χ4n) is 2.72. The summed E-state index contributed by atoms with van der Waals surface area (Å²) in [5.74, 6) is 1.22. The lowest BCUT2D eigenvalue weighted by atomic mass is 10.2. The third-order valence-electron chi connectivity index (χ3n) is 3.76. The number of hydrogen-bond donors (Lipinski definition) is 1. The molecule has 0 bridgehead atoms. The van der Waals surface area contributed by atoms with Crippen LogP contribution >= 0.6 is 0 Å². The molecular formula is C15H21N5O. The quantitative estimate of drug-likeness (QED) is 0.872. The molecule has 1 atom stereocenters. The van der Waals surface area contributed by atoms with Crippen molar-refractivity contribution < 1.29 is 4.52 Å². The van der Waals surface area contributed by atoms with E-state index in [2.05, 4.69) is 32.3 Å². The van der Waals surface area contributed by atoms with E-state index in [0.717, 1.165) is 31.7 Å². The van der Waals surface area contributed by atoms with E-state index in [0.29, 0.717) is 24.3 Å². The summed E-state index contributed by atoms with van der Waals surface area (Å²) in [6, 6.07) is 6.25. The summed E-state index contributed by atoms with van der Waals surface area (Å²) < 4.78 is 5.39. The first-order chi connectivity index (χ1) is 10.4. The molecule has 1 saturated heterocycles. The Hall–Kier alpha value is -1.79. The minimum absolute atomic E-state index is 0.562. The number of nitrogens with one attached hydrogen (secondary N) is 1. The van der Waals surface area contributed by atoms with Gasteiger partial charge >= 0.3 is 0 Å². The Balaban J connectivity index is 1.70. The van der Waals surface area contributed by atoms with Crippen molar-refractivity contribution in [1.82, 2.24) is 25.3 Å². The Labute approximate surface area is 124 Å². The van der Waals surface area contributed by atoms with Crippen LogP contribution in [0.5, 0.6) is 0 Å². The summed E-state index contributed by atoms with van der Waals surface area (Å²) in [5.41, 5.74) is 0.747. The van der Waals surface area contributed by atoms with Crippen LogP contribution in [0.4, 0.5) is 0 Å². The third-order valence-corrected chi connectivity index (χ3v) is 3.76. The molecule has 2 aromatic rings. The molecule has 0 amide bonds. The van der Waals surface area contributed by atoms with Crippen molar-refractivity contribution in [1.29, 1.82) is 0 Å². The van der Waals surface area contributed by atoms with Gasteiger partial charge < -0.3 is 9.84 Å².